The minimum atomic E-state index is -0.100. The highest BCUT2D eigenvalue weighted by atomic mass is 32.1. The van der Waals surface area contributed by atoms with Gasteiger partial charge in [0.25, 0.3) is 5.91 Å². The molecule has 1 atom stereocenters. The van der Waals surface area contributed by atoms with Gasteiger partial charge in [-0.2, -0.15) is 5.10 Å². The second-order valence-corrected chi connectivity index (χ2v) is 12.4. The number of nitrogens with zero attached hydrogens (tertiary/aromatic N) is 5. The molecule has 9 heteroatoms. The Labute approximate surface area is 241 Å². The first-order chi connectivity index (χ1) is 19.1. The number of aromatic nitrogens is 5. The van der Waals surface area contributed by atoms with Crippen molar-refractivity contribution < 1.29 is 4.79 Å². The van der Waals surface area contributed by atoms with E-state index in [9.17, 15) is 4.79 Å². The van der Waals surface area contributed by atoms with Gasteiger partial charge in [0, 0.05) is 42.0 Å². The lowest BCUT2D eigenvalue weighted by Gasteiger charge is -2.13. The molecule has 2 N–H and O–H groups in total. The van der Waals surface area contributed by atoms with E-state index >= 15 is 0 Å². The van der Waals surface area contributed by atoms with E-state index < -0.39 is 0 Å². The molecule has 0 radical (unpaired) electrons. The van der Waals surface area contributed by atoms with Crippen LogP contribution in [0.25, 0.3) is 11.3 Å². The smallest absolute Gasteiger partial charge is 0.263 e. The maximum atomic E-state index is 12.7. The molecule has 0 saturated heterocycles. The molecule has 3 aromatic heterocycles. The Kier molecular flexibility index (Phi) is 9.35. The predicted octanol–water partition coefficient (Wildman–Crippen LogP) is 7.07. The van der Waals surface area contributed by atoms with E-state index in [0.717, 1.165) is 52.6 Å². The summed E-state index contributed by atoms with van der Waals surface area (Å²) >= 11 is 1.45. The molecule has 0 bridgehead atoms. The number of aryl methyl sites for hydroxylation is 3. The van der Waals surface area contributed by atoms with Gasteiger partial charge in [0.1, 0.15) is 4.88 Å². The van der Waals surface area contributed by atoms with Gasteiger partial charge in [0.15, 0.2) is 5.82 Å². The number of anilines is 2. The number of nitrogens with one attached hydrogen (secondary N) is 2. The van der Waals surface area contributed by atoms with Crippen molar-refractivity contribution in [3.8, 4) is 11.3 Å². The highest BCUT2D eigenvalue weighted by Gasteiger charge is 2.20. The Morgan fingerprint density at radius 2 is 1.93 bits per heavy atom. The van der Waals surface area contributed by atoms with Gasteiger partial charge in [0.05, 0.1) is 16.9 Å². The van der Waals surface area contributed by atoms with Gasteiger partial charge < -0.3 is 10.6 Å². The number of carbonyl (C=O) groups excluding carboxylic acids is 1. The van der Waals surface area contributed by atoms with Crippen LogP contribution in [0.4, 0.5) is 11.8 Å². The van der Waals surface area contributed by atoms with E-state index in [1.54, 1.807) is 12.4 Å². The molecule has 40 heavy (non-hydrogen) atoms. The van der Waals surface area contributed by atoms with Crippen molar-refractivity contribution in [2.45, 2.75) is 86.2 Å². The fourth-order valence-electron chi connectivity index (χ4n) is 4.28. The first kappa shape index (κ1) is 29.4. The van der Waals surface area contributed by atoms with E-state index in [-0.39, 0.29) is 11.3 Å². The summed E-state index contributed by atoms with van der Waals surface area (Å²) in [6.45, 7) is 16.4. The van der Waals surface area contributed by atoms with E-state index in [0.29, 0.717) is 23.3 Å². The Hall–Kier alpha value is -3.59. The van der Waals surface area contributed by atoms with Crippen LogP contribution in [0.5, 0.6) is 0 Å². The van der Waals surface area contributed by atoms with Crippen LogP contribution < -0.4 is 10.6 Å². The molecule has 0 aliphatic carbocycles. The molecule has 4 rings (SSSR count). The number of carbonyl (C=O) groups is 1. The zero-order valence-electron chi connectivity index (χ0n) is 24.7. The third kappa shape index (κ3) is 7.33. The van der Waals surface area contributed by atoms with Gasteiger partial charge in [-0.3, -0.25) is 9.48 Å². The monoisotopic (exact) mass is 559 g/mol. The maximum Gasteiger partial charge on any atom is 0.263 e. The molecule has 212 valence electrons. The van der Waals surface area contributed by atoms with Gasteiger partial charge in [-0.15, -0.1) is 11.3 Å². The standard InChI is InChI=1S/C31H41N7OS/c1-8-20(3)13-15-38-24(9-2)17-27(37-38)36-30-32-14-12-25(35-30)22-10-11-23(21(4)16-22)18-33-28(39)26-19-34-29(40-26)31(5,6)7/h10-12,14,16-17,19-20H,8-9,13,15,18H2,1-7H3,(H,33,39)(H,32,35,36,37). The van der Waals surface area contributed by atoms with E-state index in [2.05, 4.69) is 79.0 Å². The molecular weight excluding hydrogens is 518 g/mol. The summed E-state index contributed by atoms with van der Waals surface area (Å²) in [4.78, 5) is 26.9. The molecular formula is C31H41N7OS. The molecule has 4 aromatic rings. The summed E-state index contributed by atoms with van der Waals surface area (Å²) in [7, 11) is 0. The predicted molar refractivity (Wildman–Crippen MR) is 163 cm³/mol. The molecule has 8 nitrogen and oxygen atoms in total. The third-order valence-corrected chi connectivity index (χ3v) is 8.52. The van der Waals surface area contributed by atoms with Gasteiger partial charge in [0.2, 0.25) is 5.95 Å². The quantitative estimate of drug-likeness (QED) is 0.204. The Bertz CT molecular complexity index is 1450. The number of hydrogen-bond acceptors (Lipinski definition) is 7. The zero-order chi connectivity index (χ0) is 28.9. The Balaban J connectivity index is 1.41. The minimum absolute atomic E-state index is 0.0703. The molecule has 0 aliphatic heterocycles. The average molecular weight is 560 g/mol. The van der Waals surface area contributed by atoms with Crippen molar-refractivity contribution in [1.82, 2.24) is 30.0 Å². The topological polar surface area (TPSA) is 97.6 Å². The van der Waals surface area contributed by atoms with Crippen LogP contribution in [0.1, 0.15) is 85.9 Å². The summed E-state index contributed by atoms with van der Waals surface area (Å²) in [5.41, 5.74) is 5.08. The second-order valence-electron chi connectivity index (χ2n) is 11.4. The summed E-state index contributed by atoms with van der Waals surface area (Å²) in [6, 6.07) is 10.1. The van der Waals surface area contributed by atoms with Crippen LogP contribution in [0.3, 0.4) is 0 Å². The number of benzene rings is 1. The van der Waals surface area contributed by atoms with Crippen molar-refractivity contribution in [3.05, 3.63) is 69.4 Å². The van der Waals surface area contributed by atoms with Gasteiger partial charge in [-0.1, -0.05) is 60.1 Å². The van der Waals surface area contributed by atoms with E-state index in [1.165, 1.54) is 23.5 Å². The zero-order valence-corrected chi connectivity index (χ0v) is 25.5. The first-order valence-electron chi connectivity index (χ1n) is 14.1. The fraction of sp³-hybridized carbons (Fsp3) is 0.452. The van der Waals surface area contributed by atoms with Crippen LogP contribution in [-0.4, -0.2) is 30.6 Å². The molecule has 1 unspecified atom stereocenters. The minimum Gasteiger partial charge on any atom is -0.347 e. The molecule has 0 spiro atoms. The highest BCUT2D eigenvalue weighted by Crippen LogP contribution is 2.27. The van der Waals surface area contributed by atoms with Crippen LogP contribution in [0, 0.1) is 12.8 Å². The molecule has 3 heterocycles. The van der Waals surface area contributed by atoms with Gasteiger partial charge >= 0.3 is 0 Å². The average Bonchev–Trinajstić information content (AvgIpc) is 3.58. The second kappa shape index (κ2) is 12.7. The molecule has 1 amide bonds. The Morgan fingerprint density at radius 1 is 1.12 bits per heavy atom. The summed E-state index contributed by atoms with van der Waals surface area (Å²) in [6.07, 6.45) is 6.63. The number of hydrogen-bond donors (Lipinski definition) is 2. The van der Waals surface area contributed by atoms with E-state index in [4.69, 9.17) is 10.1 Å². The lowest BCUT2D eigenvalue weighted by atomic mass is 9.98. The molecule has 0 aliphatic rings. The molecule has 0 saturated carbocycles. The number of rotatable bonds is 11. The van der Waals surface area contributed by atoms with Gasteiger partial charge in [-0.05, 0) is 48.9 Å². The largest absolute Gasteiger partial charge is 0.347 e. The first-order valence-corrected chi connectivity index (χ1v) is 14.9. The third-order valence-electron chi connectivity index (χ3n) is 7.10. The van der Waals surface area contributed by atoms with Crippen molar-refractivity contribution in [2.75, 3.05) is 5.32 Å². The van der Waals surface area contributed by atoms with Crippen LogP contribution in [-0.2, 0) is 24.9 Å². The lowest BCUT2D eigenvalue weighted by Crippen LogP contribution is -2.22. The van der Waals surface area contributed by atoms with Crippen molar-refractivity contribution in [2.24, 2.45) is 5.92 Å². The highest BCUT2D eigenvalue weighted by molar-refractivity contribution is 7.13. The summed E-state index contributed by atoms with van der Waals surface area (Å²) in [5.74, 6) is 1.85. The molecule has 0 fully saturated rings. The normalized spacial score (nSPS) is 12.4. The van der Waals surface area contributed by atoms with Crippen LogP contribution >= 0.6 is 11.3 Å². The summed E-state index contributed by atoms with van der Waals surface area (Å²) < 4.78 is 2.09. The SMILES string of the molecule is CCc1cc(Nc2nccc(-c3ccc(CNC(=O)c4cnc(C(C)(C)C)s4)c(C)c3)n2)nn1CCC(C)CC. The molecule has 1 aromatic carbocycles. The maximum absolute atomic E-state index is 12.7. The lowest BCUT2D eigenvalue weighted by molar-refractivity contribution is 0.0954. The van der Waals surface area contributed by atoms with Crippen LogP contribution in [0.15, 0.2) is 42.7 Å². The summed E-state index contributed by atoms with van der Waals surface area (Å²) in [5, 5.41) is 12.0. The van der Waals surface area contributed by atoms with Gasteiger partial charge in [-0.25, -0.2) is 15.0 Å². The van der Waals surface area contributed by atoms with Crippen LogP contribution in [0.2, 0.25) is 0 Å². The Morgan fingerprint density at radius 3 is 2.60 bits per heavy atom. The fourth-order valence-corrected chi connectivity index (χ4v) is 5.17. The van der Waals surface area contributed by atoms with E-state index in [1.807, 2.05) is 25.1 Å². The van der Waals surface area contributed by atoms with Crippen molar-refractivity contribution >= 4 is 29.0 Å². The number of thiazole rings is 1. The van der Waals surface area contributed by atoms with Crippen molar-refractivity contribution in [1.29, 1.82) is 0 Å². The van der Waals surface area contributed by atoms with Crippen molar-refractivity contribution in [3.63, 3.8) is 0 Å². The number of amides is 1.